The Morgan fingerprint density at radius 1 is 0.972 bits per heavy atom. The zero-order chi connectivity index (χ0) is 25.1. The lowest BCUT2D eigenvalue weighted by Crippen LogP contribution is -2.35. The van der Waals surface area contributed by atoms with Gasteiger partial charge in [-0.1, -0.05) is 59.7 Å². The number of nitrogens with zero attached hydrogens (tertiary/aromatic N) is 3. The van der Waals surface area contributed by atoms with Gasteiger partial charge in [-0.2, -0.15) is 15.1 Å². The van der Waals surface area contributed by atoms with E-state index in [4.69, 9.17) is 10.1 Å². The average molecular weight is 513 g/mol. The zero-order valence-corrected chi connectivity index (χ0v) is 21.5. The summed E-state index contributed by atoms with van der Waals surface area (Å²) in [5.41, 5.74) is 4.33. The van der Waals surface area contributed by atoms with Gasteiger partial charge in [0.05, 0.1) is 12.2 Å². The van der Waals surface area contributed by atoms with Crippen molar-refractivity contribution in [3.8, 4) is 5.75 Å². The number of aliphatic imine (C=N–C) groups is 1. The summed E-state index contributed by atoms with van der Waals surface area (Å²) in [5.74, 6) is 1.19. The van der Waals surface area contributed by atoms with Crippen LogP contribution in [0.25, 0.3) is 6.08 Å². The van der Waals surface area contributed by atoms with E-state index in [1.807, 2.05) is 55.5 Å². The van der Waals surface area contributed by atoms with E-state index in [0.29, 0.717) is 11.8 Å². The predicted octanol–water partition coefficient (Wildman–Crippen LogP) is 6.14. The van der Waals surface area contributed by atoms with Crippen molar-refractivity contribution in [1.82, 2.24) is 5.01 Å². The molecule has 0 spiro atoms. The van der Waals surface area contributed by atoms with Gasteiger partial charge in [-0.05, 0) is 61.5 Å². The standard InChI is InChI=1S/C28H24N4O2S2/c1-18-3-9-21(10-4-18)27-31-32-25(29)24(26(33)30-28(32)36-27)17-20-7-11-22(12-8-20)34-15-16-35-23-13-5-19(2)6-14-23/h3-14,17,29H,15-16H2,1-2H3/b24-17-,29-25?. The lowest BCUT2D eigenvalue weighted by molar-refractivity contribution is -0.114. The highest BCUT2D eigenvalue weighted by Crippen LogP contribution is 2.31. The summed E-state index contributed by atoms with van der Waals surface area (Å²) < 4.78 is 5.86. The van der Waals surface area contributed by atoms with Crippen molar-refractivity contribution in [1.29, 1.82) is 5.41 Å². The number of nitrogens with one attached hydrogen (secondary N) is 1. The molecule has 8 heteroatoms. The molecule has 0 atom stereocenters. The molecule has 0 aromatic heterocycles. The molecule has 2 heterocycles. The third-order valence-electron chi connectivity index (χ3n) is 5.59. The van der Waals surface area contributed by atoms with Crippen LogP contribution in [-0.4, -0.2) is 39.3 Å². The number of fused-ring (bicyclic) bond motifs is 1. The third kappa shape index (κ3) is 5.45. The van der Waals surface area contributed by atoms with E-state index < -0.39 is 5.91 Å². The maximum Gasteiger partial charge on any atom is 0.283 e. The Hall–Kier alpha value is -3.62. The van der Waals surface area contributed by atoms with Crippen molar-refractivity contribution in [2.75, 3.05) is 12.4 Å². The van der Waals surface area contributed by atoms with E-state index in [-0.39, 0.29) is 11.4 Å². The minimum atomic E-state index is -0.437. The molecule has 3 aromatic carbocycles. The van der Waals surface area contributed by atoms with Crippen molar-refractivity contribution in [2.45, 2.75) is 18.7 Å². The molecule has 5 rings (SSSR count). The van der Waals surface area contributed by atoms with Gasteiger partial charge in [0.1, 0.15) is 10.8 Å². The van der Waals surface area contributed by atoms with E-state index in [9.17, 15) is 4.79 Å². The average Bonchev–Trinajstić information content (AvgIpc) is 3.31. The fraction of sp³-hybridized carbons (Fsp3) is 0.143. The topological polar surface area (TPSA) is 78.1 Å². The van der Waals surface area contributed by atoms with E-state index in [2.05, 4.69) is 41.3 Å². The Labute approximate surface area is 218 Å². The van der Waals surface area contributed by atoms with Crippen molar-refractivity contribution >= 4 is 51.6 Å². The molecule has 3 aromatic rings. The Kier molecular flexibility index (Phi) is 7.06. The number of thioether (sulfide) groups is 2. The molecular formula is C28H24N4O2S2. The molecule has 2 aliphatic rings. The third-order valence-corrected chi connectivity index (χ3v) is 7.52. The molecule has 1 N–H and O–H groups in total. The first-order chi connectivity index (χ1) is 17.5. The largest absolute Gasteiger partial charge is 0.493 e. The van der Waals surface area contributed by atoms with Crippen molar-refractivity contribution in [2.24, 2.45) is 10.1 Å². The summed E-state index contributed by atoms with van der Waals surface area (Å²) in [6.07, 6.45) is 1.67. The van der Waals surface area contributed by atoms with Crippen LogP contribution in [0.15, 0.2) is 93.4 Å². The molecule has 0 saturated heterocycles. The lowest BCUT2D eigenvalue weighted by atomic mass is 10.1. The second-order valence-electron chi connectivity index (χ2n) is 8.37. The summed E-state index contributed by atoms with van der Waals surface area (Å²) >= 11 is 3.06. The van der Waals surface area contributed by atoms with Crippen molar-refractivity contribution in [3.63, 3.8) is 0 Å². The minimum absolute atomic E-state index is 0.0214. The summed E-state index contributed by atoms with van der Waals surface area (Å²) in [4.78, 5) is 18.1. The van der Waals surface area contributed by atoms with Gasteiger partial charge < -0.3 is 4.74 Å². The number of hydrazone groups is 1. The number of aryl methyl sites for hydroxylation is 2. The Morgan fingerprint density at radius 3 is 2.33 bits per heavy atom. The molecule has 0 aliphatic carbocycles. The van der Waals surface area contributed by atoms with Crippen LogP contribution >= 0.6 is 23.5 Å². The highest BCUT2D eigenvalue weighted by molar-refractivity contribution is 8.27. The molecule has 2 aliphatic heterocycles. The highest BCUT2D eigenvalue weighted by atomic mass is 32.2. The first-order valence-corrected chi connectivity index (χ1v) is 13.3. The summed E-state index contributed by atoms with van der Waals surface area (Å²) in [6.45, 7) is 4.70. The smallest absolute Gasteiger partial charge is 0.283 e. The number of ether oxygens (including phenoxy) is 1. The molecule has 0 saturated carbocycles. The van der Waals surface area contributed by atoms with Gasteiger partial charge in [0.15, 0.2) is 5.84 Å². The number of carbonyl (C=O) groups excluding carboxylic acids is 1. The Morgan fingerprint density at radius 2 is 1.64 bits per heavy atom. The Bertz CT molecular complexity index is 1390. The fourth-order valence-corrected chi connectivity index (χ4v) is 5.21. The SMILES string of the molecule is Cc1ccc(SCCOc2ccc(/C=C3/C(=N)N4N=C(c5ccc(C)cc5)SC4=NC3=O)cc2)cc1. The lowest BCUT2D eigenvalue weighted by Gasteiger charge is -2.20. The number of benzene rings is 3. The number of rotatable bonds is 7. The molecular weight excluding hydrogens is 488 g/mol. The number of amidine groups is 2. The quantitative estimate of drug-likeness (QED) is 0.234. The number of amides is 1. The van der Waals surface area contributed by atoms with Crippen LogP contribution in [0, 0.1) is 19.3 Å². The zero-order valence-electron chi connectivity index (χ0n) is 19.9. The van der Waals surface area contributed by atoms with Crippen LogP contribution < -0.4 is 4.74 Å². The van der Waals surface area contributed by atoms with Gasteiger partial charge in [-0.15, -0.1) is 11.8 Å². The second-order valence-corrected chi connectivity index (χ2v) is 10.5. The molecule has 36 heavy (non-hydrogen) atoms. The summed E-state index contributed by atoms with van der Waals surface area (Å²) in [5, 5.41) is 15.7. The van der Waals surface area contributed by atoms with Gasteiger partial charge in [0.25, 0.3) is 5.91 Å². The van der Waals surface area contributed by atoms with Crippen molar-refractivity contribution in [3.05, 3.63) is 101 Å². The van der Waals surface area contributed by atoms with Crippen LogP contribution in [0.5, 0.6) is 5.75 Å². The van der Waals surface area contributed by atoms with Crippen molar-refractivity contribution < 1.29 is 9.53 Å². The fourth-order valence-electron chi connectivity index (χ4n) is 3.59. The number of carbonyl (C=O) groups is 1. The van der Waals surface area contributed by atoms with Crippen LogP contribution in [0.3, 0.4) is 0 Å². The van der Waals surface area contributed by atoms with E-state index in [1.165, 1.54) is 27.2 Å². The molecule has 180 valence electrons. The van der Waals surface area contributed by atoms with Gasteiger partial charge in [-0.25, -0.2) is 0 Å². The monoisotopic (exact) mass is 512 g/mol. The van der Waals surface area contributed by atoms with Gasteiger partial charge in [-0.3, -0.25) is 10.2 Å². The summed E-state index contributed by atoms with van der Waals surface area (Å²) in [6, 6.07) is 23.9. The van der Waals surface area contributed by atoms with Crippen LogP contribution in [0.1, 0.15) is 22.3 Å². The number of hydrogen-bond donors (Lipinski definition) is 1. The summed E-state index contributed by atoms with van der Waals surface area (Å²) in [7, 11) is 0. The van der Waals surface area contributed by atoms with Gasteiger partial charge >= 0.3 is 0 Å². The molecule has 1 amide bonds. The number of hydrogen-bond acceptors (Lipinski definition) is 6. The normalized spacial score (nSPS) is 16.2. The van der Waals surface area contributed by atoms with Gasteiger partial charge in [0.2, 0.25) is 5.17 Å². The first kappa shape index (κ1) is 24.1. The molecule has 6 nitrogen and oxygen atoms in total. The van der Waals surface area contributed by atoms with E-state index in [0.717, 1.165) is 33.2 Å². The predicted molar refractivity (Wildman–Crippen MR) is 149 cm³/mol. The molecule has 0 fully saturated rings. The van der Waals surface area contributed by atoms with Crippen LogP contribution in [-0.2, 0) is 4.79 Å². The Balaban J connectivity index is 1.22. The van der Waals surface area contributed by atoms with Crippen LogP contribution in [0.2, 0.25) is 0 Å². The minimum Gasteiger partial charge on any atom is -0.493 e. The van der Waals surface area contributed by atoms with Gasteiger partial charge in [0, 0.05) is 16.2 Å². The maximum atomic E-state index is 12.7. The molecule has 0 bridgehead atoms. The molecule has 0 radical (unpaired) electrons. The first-order valence-electron chi connectivity index (χ1n) is 11.5. The second kappa shape index (κ2) is 10.6. The molecule has 0 unspecified atom stereocenters. The van der Waals surface area contributed by atoms with E-state index >= 15 is 0 Å². The highest BCUT2D eigenvalue weighted by Gasteiger charge is 2.36. The van der Waals surface area contributed by atoms with E-state index in [1.54, 1.807) is 17.8 Å². The maximum absolute atomic E-state index is 12.7. The van der Waals surface area contributed by atoms with Crippen LogP contribution in [0.4, 0.5) is 0 Å².